The standard InChI is InChI=1S/C20H15ClF2N2O2/c1-12-17(20(26)25-11-13-7-14(22)9-15(23)8-13)3-2-4-18(12)27-16-5-6-24-19(21)10-16/h2-10H,11H2,1H3,(H,25,26). The lowest BCUT2D eigenvalue weighted by Gasteiger charge is -2.13. The van der Waals surface area contributed by atoms with Crippen LogP contribution < -0.4 is 10.1 Å². The van der Waals surface area contributed by atoms with E-state index in [0.717, 1.165) is 6.07 Å². The van der Waals surface area contributed by atoms with Crippen molar-refractivity contribution in [3.63, 3.8) is 0 Å². The van der Waals surface area contributed by atoms with Crippen LogP contribution in [-0.4, -0.2) is 10.9 Å². The Morgan fingerprint density at radius 2 is 1.89 bits per heavy atom. The number of amides is 1. The minimum Gasteiger partial charge on any atom is -0.457 e. The van der Waals surface area contributed by atoms with E-state index in [0.29, 0.717) is 33.3 Å². The van der Waals surface area contributed by atoms with Crippen molar-refractivity contribution >= 4 is 17.5 Å². The first kappa shape index (κ1) is 18.8. The predicted octanol–water partition coefficient (Wildman–Crippen LogP) is 5.04. The van der Waals surface area contributed by atoms with Crippen LogP contribution in [0.2, 0.25) is 5.15 Å². The zero-order chi connectivity index (χ0) is 19.4. The summed E-state index contributed by atoms with van der Waals surface area (Å²) in [6.07, 6.45) is 1.52. The molecule has 0 bridgehead atoms. The van der Waals surface area contributed by atoms with Gasteiger partial charge < -0.3 is 10.1 Å². The van der Waals surface area contributed by atoms with Gasteiger partial charge in [0, 0.05) is 36.0 Å². The van der Waals surface area contributed by atoms with Crippen molar-refractivity contribution in [2.45, 2.75) is 13.5 Å². The molecule has 1 aromatic heterocycles. The molecule has 7 heteroatoms. The third kappa shape index (κ3) is 4.80. The summed E-state index contributed by atoms with van der Waals surface area (Å²) in [5.41, 5.74) is 1.34. The SMILES string of the molecule is Cc1c(Oc2ccnc(Cl)c2)cccc1C(=O)NCc1cc(F)cc(F)c1. The van der Waals surface area contributed by atoms with Crippen LogP contribution >= 0.6 is 11.6 Å². The van der Waals surface area contributed by atoms with E-state index in [2.05, 4.69) is 10.3 Å². The fourth-order valence-corrected chi connectivity index (χ4v) is 2.70. The molecule has 27 heavy (non-hydrogen) atoms. The fraction of sp³-hybridized carbons (Fsp3) is 0.100. The van der Waals surface area contributed by atoms with E-state index in [-0.39, 0.29) is 12.5 Å². The Bertz CT molecular complexity index is 975. The number of hydrogen-bond acceptors (Lipinski definition) is 3. The molecule has 138 valence electrons. The largest absolute Gasteiger partial charge is 0.457 e. The Balaban J connectivity index is 1.75. The molecular formula is C20H15ClF2N2O2. The number of nitrogens with zero attached hydrogens (tertiary/aromatic N) is 1. The molecule has 1 amide bonds. The van der Waals surface area contributed by atoms with Gasteiger partial charge in [0.15, 0.2) is 0 Å². The number of halogens is 3. The van der Waals surface area contributed by atoms with Crippen molar-refractivity contribution in [1.29, 1.82) is 0 Å². The van der Waals surface area contributed by atoms with Crippen LogP contribution in [0.25, 0.3) is 0 Å². The number of rotatable bonds is 5. The molecule has 0 atom stereocenters. The van der Waals surface area contributed by atoms with Crippen LogP contribution in [0.3, 0.4) is 0 Å². The van der Waals surface area contributed by atoms with Crippen LogP contribution in [0.4, 0.5) is 8.78 Å². The molecule has 0 fully saturated rings. The average Bonchev–Trinajstić information content (AvgIpc) is 2.61. The molecule has 0 spiro atoms. The van der Waals surface area contributed by atoms with Gasteiger partial charge in [0.25, 0.3) is 5.91 Å². The monoisotopic (exact) mass is 388 g/mol. The van der Waals surface area contributed by atoms with Crippen molar-refractivity contribution in [2.24, 2.45) is 0 Å². The smallest absolute Gasteiger partial charge is 0.251 e. The molecule has 0 saturated heterocycles. The number of carbonyl (C=O) groups is 1. The number of nitrogens with one attached hydrogen (secondary N) is 1. The minimum absolute atomic E-state index is 0.00198. The molecule has 4 nitrogen and oxygen atoms in total. The molecule has 3 rings (SSSR count). The third-order valence-electron chi connectivity index (χ3n) is 3.83. The summed E-state index contributed by atoms with van der Waals surface area (Å²) >= 11 is 5.85. The van der Waals surface area contributed by atoms with Crippen LogP contribution in [0.5, 0.6) is 11.5 Å². The van der Waals surface area contributed by atoms with E-state index in [9.17, 15) is 13.6 Å². The molecule has 1 heterocycles. The lowest BCUT2D eigenvalue weighted by molar-refractivity contribution is 0.0950. The van der Waals surface area contributed by atoms with Crippen LogP contribution in [0.15, 0.2) is 54.7 Å². The Morgan fingerprint density at radius 3 is 2.59 bits per heavy atom. The molecule has 1 N–H and O–H groups in total. The minimum atomic E-state index is -0.693. The van der Waals surface area contributed by atoms with Gasteiger partial charge in [-0.2, -0.15) is 0 Å². The third-order valence-corrected chi connectivity index (χ3v) is 4.04. The first-order chi connectivity index (χ1) is 12.9. The number of ether oxygens (including phenoxy) is 1. The number of benzene rings is 2. The van der Waals surface area contributed by atoms with Crippen molar-refractivity contribution < 1.29 is 18.3 Å². The highest BCUT2D eigenvalue weighted by atomic mass is 35.5. The van der Waals surface area contributed by atoms with Crippen molar-refractivity contribution in [3.8, 4) is 11.5 Å². The van der Waals surface area contributed by atoms with Gasteiger partial charge in [-0.05, 0) is 42.8 Å². The van der Waals surface area contributed by atoms with Gasteiger partial charge >= 0.3 is 0 Å². The molecule has 0 aliphatic heterocycles. The van der Waals surface area contributed by atoms with E-state index < -0.39 is 11.6 Å². The number of aromatic nitrogens is 1. The number of pyridine rings is 1. The molecule has 0 unspecified atom stereocenters. The number of hydrogen-bond donors (Lipinski definition) is 1. The topological polar surface area (TPSA) is 51.2 Å². The van der Waals surface area contributed by atoms with E-state index in [1.54, 1.807) is 37.3 Å². The first-order valence-electron chi connectivity index (χ1n) is 8.04. The summed E-state index contributed by atoms with van der Waals surface area (Å²) in [6, 6.07) is 11.4. The highest BCUT2D eigenvalue weighted by Crippen LogP contribution is 2.28. The van der Waals surface area contributed by atoms with E-state index in [1.165, 1.54) is 18.3 Å². The van der Waals surface area contributed by atoms with Crippen LogP contribution in [-0.2, 0) is 6.54 Å². The predicted molar refractivity (Wildman–Crippen MR) is 98.0 cm³/mol. The zero-order valence-corrected chi connectivity index (χ0v) is 15.1. The fourth-order valence-electron chi connectivity index (χ4n) is 2.54. The van der Waals surface area contributed by atoms with Crippen LogP contribution in [0, 0.1) is 18.6 Å². The summed E-state index contributed by atoms with van der Waals surface area (Å²) < 4.78 is 32.3. The van der Waals surface area contributed by atoms with E-state index in [1.807, 2.05) is 0 Å². The maximum absolute atomic E-state index is 13.2. The molecule has 2 aromatic carbocycles. The highest BCUT2D eigenvalue weighted by Gasteiger charge is 2.13. The Labute approximate surface area is 159 Å². The normalized spacial score (nSPS) is 10.5. The summed E-state index contributed by atoms with van der Waals surface area (Å²) in [6.45, 7) is 1.74. The van der Waals surface area contributed by atoms with E-state index >= 15 is 0 Å². The van der Waals surface area contributed by atoms with Gasteiger partial charge in [-0.3, -0.25) is 4.79 Å². The average molecular weight is 389 g/mol. The first-order valence-corrected chi connectivity index (χ1v) is 8.42. The second-order valence-electron chi connectivity index (χ2n) is 5.81. The summed E-state index contributed by atoms with van der Waals surface area (Å²) in [5, 5.41) is 2.94. The molecule has 0 aliphatic carbocycles. The Kier molecular flexibility index (Phi) is 5.66. The lowest BCUT2D eigenvalue weighted by atomic mass is 10.1. The maximum Gasteiger partial charge on any atom is 0.251 e. The number of carbonyl (C=O) groups excluding carboxylic acids is 1. The second-order valence-corrected chi connectivity index (χ2v) is 6.19. The molecule has 3 aromatic rings. The van der Waals surface area contributed by atoms with Crippen molar-refractivity contribution in [1.82, 2.24) is 10.3 Å². The van der Waals surface area contributed by atoms with Crippen molar-refractivity contribution in [2.75, 3.05) is 0 Å². The van der Waals surface area contributed by atoms with Gasteiger partial charge in [0.2, 0.25) is 0 Å². The van der Waals surface area contributed by atoms with Gasteiger partial charge in [-0.25, -0.2) is 13.8 Å². The Morgan fingerprint density at radius 1 is 1.15 bits per heavy atom. The van der Waals surface area contributed by atoms with Gasteiger partial charge in [0.05, 0.1) is 0 Å². The van der Waals surface area contributed by atoms with E-state index in [4.69, 9.17) is 16.3 Å². The zero-order valence-electron chi connectivity index (χ0n) is 14.3. The van der Waals surface area contributed by atoms with Gasteiger partial charge in [-0.1, -0.05) is 17.7 Å². The maximum atomic E-state index is 13.2. The Hall–Kier alpha value is -2.99. The van der Waals surface area contributed by atoms with Gasteiger partial charge in [0.1, 0.15) is 28.3 Å². The summed E-state index contributed by atoms with van der Waals surface area (Å²) in [4.78, 5) is 16.4. The van der Waals surface area contributed by atoms with Crippen molar-refractivity contribution in [3.05, 3.63) is 88.2 Å². The molecular weight excluding hydrogens is 374 g/mol. The molecule has 0 aliphatic rings. The van der Waals surface area contributed by atoms with Gasteiger partial charge in [-0.15, -0.1) is 0 Å². The summed E-state index contributed by atoms with van der Waals surface area (Å²) in [7, 11) is 0. The molecule has 0 saturated carbocycles. The lowest BCUT2D eigenvalue weighted by Crippen LogP contribution is -2.23. The summed E-state index contributed by atoms with van der Waals surface area (Å²) in [5.74, 6) is -0.785. The quantitative estimate of drug-likeness (QED) is 0.623. The molecule has 0 radical (unpaired) electrons. The van der Waals surface area contributed by atoms with Crippen LogP contribution in [0.1, 0.15) is 21.5 Å². The highest BCUT2D eigenvalue weighted by molar-refractivity contribution is 6.29. The second kappa shape index (κ2) is 8.14.